The third-order valence-electron chi connectivity index (χ3n) is 4.48. The number of fused-ring (bicyclic) bond motifs is 1. The van der Waals surface area contributed by atoms with E-state index in [-0.39, 0.29) is 34.5 Å². The van der Waals surface area contributed by atoms with Gasteiger partial charge in [0.1, 0.15) is 11.6 Å². The van der Waals surface area contributed by atoms with Crippen molar-refractivity contribution in [3.63, 3.8) is 0 Å². The van der Waals surface area contributed by atoms with Crippen molar-refractivity contribution in [2.45, 2.75) is 37.5 Å². The van der Waals surface area contributed by atoms with Crippen LogP contribution in [0.15, 0.2) is 34.0 Å². The molecule has 2 aromatic heterocycles. The summed E-state index contributed by atoms with van der Waals surface area (Å²) in [6.07, 6.45) is -2.91. The van der Waals surface area contributed by atoms with Gasteiger partial charge in [-0.25, -0.2) is 9.97 Å². The van der Waals surface area contributed by atoms with E-state index < -0.39 is 28.5 Å². The van der Waals surface area contributed by atoms with Gasteiger partial charge in [0.25, 0.3) is 5.56 Å². The van der Waals surface area contributed by atoms with Gasteiger partial charge in [-0.3, -0.25) is 14.1 Å². The van der Waals surface area contributed by atoms with Gasteiger partial charge in [-0.1, -0.05) is 22.8 Å². The molecule has 3 rings (SSSR count). The molecular weight excluding hydrogens is 441 g/mol. The zero-order chi connectivity index (χ0) is 22.2. The van der Waals surface area contributed by atoms with E-state index in [4.69, 9.17) is 16.4 Å². The molecule has 0 spiro atoms. The fourth-order valence-electron chi connectivity index (χ4n) is 2.81. The van der Waals surface area contributed by atoms with Gasteiger partial charge < -0.3 is 5.32 Å². The van der Waals surface area contributed by atoms with E-state index in [1.54, 1.807) is 30.5 Å². The Morgan fingerprint density at radius 1 is 1.23 bits per heavy atom. The van der Waals surface area contributed by atoms with Crippen molar-refractivity contribution >= 4 is 39.3 Å². The minimum Gasteiger partial charge on any atom is -0.361 e. The summed E-state index contributed by atoms with van der Waals surface area (Å²) in [6, 6.07) is 5.02. The van der Waals surface area contributed by atoms with Crippen LogP contribution in [-0.2, 0) is 17.2 Å². The summed E-state index contributed by atoms with van der Waals surface area (Å²) in [5, 5.41) is 2.54. The van der Waals surface area contributed by atoms with Gasteiger partial charge in [0.05, 0.1) is 5.69 Å². The quantitative estimate of drug-likeness (QED) is 0.557. The summed E-state index contributed by atoms with van der Waals surface area (Å²) in [7, 11) is -0.635. The van der Waals surface area contributed by atoms with Gasteiger partial charge in [-0.2, -0.15) is 18.2 Å². The Balaban J connectivity index is 2.07. The Hall–Kier alpha value is -2.53. The molecule has 0 aliphatic heterocycles. The van der Waals surface area contributed by atoms with Crippen LogP contribution in [0, 0.1) is 11.7 Å². The van der Waals surface area contributed by atoms with Crippen LogP contribution in [0.1, 0.15) is 24.2 Å². The second-order valence-corrected chi connectivity index (χ2v) is 8.44. The smallest absolute Gasteiger partial charge is 0.361 e. The molecule has 30 heavy (non-hydrogen) atoms. The molecule has 0 saturated heterocycles. The number of hydrogen-bond donors (Lipinski definition) is 2. The predicted octanol–water partition coefficient (Wildman–Crippen LogP) is 4.25. The van der Waals surface area contributed by atoms with Gasteiger partial charge in [-0.05, 0) is 49.4 Å². The highest BCUT2D eigenvalue weighted by Crippen LogP contribution is 2.31. The average Bonchev–Trinajstić information content (AvgIpc) is 2.66. The van der Waals surface area contributed by atoms with Crippen LogP contribution in [-0.4, -0.2) is 32.0 Å². The number of aryl methyl sites for hydroxylation is 1. The highest BCUT2D eigenvalue weighted by Gasteiger charge is 2.39. The highest BCUT2D eigenvalue weighted by molar-refractivity contribution is 7.85. The molecule has 0 aliphatic carbocycles. The zero-order valence-corrected chi connectivity index (χ0v) is 17.8. The van der Waals surface area contributed by atoms with Crippen molar-refractivity contribution in [1.82, 2.24) is 19.5 Å². The molecule has 0 bridgehead atoms. The SMILES string of the molecule is Cc1nc(Cl)nc2c1nc(NCc1ccc(S(C)=N)cc1)c(=O)n2[C@@H](C)C(F)(F)F. The summed E-state index contributed by atoms with van der Waals surface area (Å²) < 4.78 is 48.6. The lowest BCUT2D eigenvalue weighted by Crippen LogP contribution is -2.35. The molecule has 7 nitrogen and oxygen atoms in total. The molecule has 0 aliphatic rings. The molecule has 2 N–H and O–H groups in total. The fourth-order valence-corrected chi connectivity index (χ4v) is 3.56. The second kappa shape index (κ2) is 8.31. The minimum absolute atomic E-state index is 0.0529. The van der Waals surface area contributed by atoms with Crippen LogP contribution in [0.2, 0.25) is 5.28 Å². The maximum Gasteiger partial charge on any atom is 0.409 e. The lowest BCUT2D eigenvalue weighted by molar-refractivity contribution is -0.162. The van der Waals surface area contributed by atoms with Crippen molar-refractivity contribution in [2.24, 2.45) is 0 Å². The highest BCUT2D eigenvalue weighted by atomic mass is 35.5. The van der Waals surface area contributed by atoms with Gasteiger partial charge in [0.15, 0.2) is 11.5 Å². The van der Waals surface area contributed by atoms with E-state index in [2.05, 4.69) is 20.3 Å². The van der Waals surface area contributed by atoms with Crippen molar-refractivity contribution in [2.75, 3.05) is 11.6 Å². The third kappa shape index (κ3) is 4.46. The van der Waals surface area contributed by atoms with Crippen LogP contribution in [0.25, 0.3) is 11.2 Å². The van der Waals surface area contributed by atoms with Crippen molar-refractivity contribution < 1.29 is 13.2 Å². The second-order valence-electron chi connectivity index (χ2n) is 6.61. The normalized spacial score (nSPS) is 14.0. The fraction of sp³-hybridized carbons (Fsp3) is 0.333. The Bertz CT molecular complexity index is 1180. The predicted molar refractivity (Wildman–Crippen MR) is 110 cm³/mol. The first kappa shape index (κ1) is 22.2. The topological polar surface area (TPSA) is 96.6 Å². The van der Waals surface area contributed by atoms with Gasteiger partial charge in [-0.15, -0.1) is 0 Å². The first-order chi connectivity index (χ1) is 14.0. The number of anilines is 1. The van der Waals surface area contributed by atoms with Crippen molar-refractivity contribution in [3.05, 3.63) is 51.2 Å². The zero-order valence-electron chi connectivity index (χ0n) is 16.2. The van der Waals surface area contributed by atoms with Crippen LogP contribution in [0.5, 0.6) is 0 Å². The van der Waals surface area contributed by atoms with E-state index in [9.17, 15) is 18.0 Å². The van der Waals surface area contributed by atoms with Gasteiger partial charge >= 0.3 is 6.18 Å². The number of nitrogens with one attached hydrogen (secondary N) is 2. The molecule has 2 atom stereocenters. The Morgan fingerprint density at radius 3 is 2.43 bits per heavy atom. The molecular formula is C18H18ClF3N6OS. The van der Waals surface area contributed by atoms with Gasteiger partial charge in [0, 0.05) is 11.4 Å². The largest absolute Gasteiger partial charge is 0.409 e. The summed E-state index contributed by atoms with van der Waals surface area (Å²) >= 11 is 5.81. The van der Waals surface area contributed by atoms with Crippen LogP contribution < -0.4 is 10.9 Å². The van der Waals surface area contributed by atoms with Crippen LogP contribution >= 0.6 is 11.6 Å². The van der Waals surface area contributed by atoms with Crippen molar-refractivity contribution in [1.29, 1.82) is 4.78 Å². The molecule has 1 unspecified atom stereocenters. The molecule has 2 heterocycles. The molecule has 0 radical (unpaired) electrons. The first-order valence-electron chi connectivity index (χ1n) is 8.72. The van der Waals surface area contributed by atoms with E-state index in [1.165, 1.54) is 6.92 Å². The standard InChI is InChI=1S/C18H18ClF3N6OS/c1-9-13-15(27-17(19)25-9)28(10(2)18(20,21)22)16(29)14(26-13)24-8-11-4-6-12(7-5-11)30(3)23/h4-7,10,23H,8H2,1-3H3,(H,24,26)/t10-,30?/m0/s1. The van der Waals surface area contributed by atoms with Crippen molar-refractivity contribution in [3.8, 4) is 0 Å². The number of aromatic nitrogens is 4. The summed E-state index contributed by atoms with van der Waals surface area (Å²) in [5.74, 6) is -0.243. The Kier molecular flexibility index (Phi) is 6.14. The third-order valence-corrected chi connectivity index (χ3v) is 5.63. The monoisotopic (exact) mass is 458 g/mol. The van der Waals surface area contributed by atoms with Crippen LogP contribution in [0.3, 0.4) is 0 Å². The molecule has 160 valence electrons. The van der Waals surface area contributed by atoms with E-state index in [0.29, 0.717) is 4.57 Å². The molecule has 0 saturated carbocycles. The minimum atomic E-state index is -4.68. The van der Waals surface area contributed by atoms with E-state index >= 15 is 0 Å². The number of alkyl halides is 3. The van der Waals surface area contributed by atoms with E-state index in [1.807, 2.05) is 0 Å². The molecule has 3 aromatic rings. The number of halogens is 4. The Labute approximate surface area is 177 Å². The summed E-state index contributed by atoms with van der Waals surface area (Å²) in [4.78, 5) is 25.7. The maximum atomic E-state index is 13.4. The number of rotatable bonds is 5. The lowest BCUT2D eigenvalue weighted by atomic mass is 10.2. The number of hydrogen-bond acceptors (Lipinski definition) is 6. The van der Waals surface area contributed by atoms with E-state index in [0.717, 1.165) is 17.4 Å². The average molecular weight is 459 g/mol. The lowest BCUT2D eigenvalue weighted by Gasteiger charge is -2.21. The maximum absolute atomic E-state index is 13.4. The molecule has 0 fully saturated rings. The molecule has 1 aromatic carbocycles. The van der Waals surface area contributed by atoms with Crippen LogP contribution in [0.4, 0.5) is 19.0 Å². The molecule has 0 amide bonds. The summed E-state index contributed by atoms with van der Waals surface area (Å²) in [6.45, 7) is 2.57. The number of nitrogens with zero attached hydrogens (tertiary/aromatic N) is 4. The molecule has 12 heteroatoms. The summed E-state index contributed by atoms with van der Waals surface area (Å²) in [5.41, 5.74) is -0.143. The van der Waals surface area contributed by atoms with Gasteiger partial charge in [0.2, 0.25) is 5.28 Å². The first-order valence-corrected chi connectivity index (χ1v) is 10.7. The Morgan fingerprint density at radius 2 is 1.87 bits per heavy atom. The number of benzene rings is 1.